The first-order valence-corrected chi connectivity index (χ1v) is 13.9. The molecule has 0 bridgehead atoms. The van der Waals surface area contributed by atoms with Crippen molar-refractivity contribution in [3.05, 3.63) is 43.2 Å². The molecule has 0 fully saturated rings. The number of hydrogen-bond donors (Lipinski definition) is 10. The lowest BCUT2D eigenvalue weighted by atomic mass is 10.2. The molecule has 2 aromatic rings. The summed E-state index contributed by atoms with van der Waals surface area (Å²) in [5, 5.41) is 27.2. The SMILES string of the molecule is Cc1nc(N)[nH]c(=O)c1CCO.[B]OCN(O)CNC(=O)OCCc1c(C)nc(NC(=O)NCNC(=O)O[B])[nH]c1=O.[B]OCONCN=C=O. The van der Waals surface area contributed by atoms with Crippen LogP contribution in [0.1, 0.15) is 22.5 Å². The molecule has 0 aliphatic carbocycles. The Morgan fingerprint density at radius 1 is 0.980 bits per heavy atom. The smallest absolute Gasteiger partial charge is 0.408 e. The maximum Gasteiger partial charge on any atom is 0.408 e. The number of nitrogen functional groups attached to an aromatic ring is 1. The molecule has 6 radical (unpaired) electrons. The van der Waals surface area contributed by atoms with Gasteiger partial charge in [-0.3, -0.25) is 29.7 Å². The van der Waals surface area contributed by atoms with Gasteiger partial charge in [-0.15, -0.1) is 5.06 Å². The van der Waals surface area contributed by atoms with Gasteiger partial charge in [-0.05, 0) is 13.8 Å². The second-order valence-corrected chi connectivity index (χ2v) is 8.86. The standard InChI is InChI=1S/C13H19B2N7O8.C7H11N3O2.C3H5BN2O3/c1-7-8(2-3-28-12(25)18-5-22(27)6-29-14)9(23)20-10(19-7)21-11(24)16-4-17-13(26)30-15;1-4-5(2-3-11)6(12)10-7(8)9-4;4-8-3-9-6-1-5-2-7/h27H,2-6H2,1H3,(H,17,26)(H,18,25)(H3,16,19,20,21,23,24);11H,2-3H2,1H3,(H3,8,9,10,12);6H,1,3H2. The van der Waals surface area contributed by atoms with E-state index < -0.39 is 23.8 Å². The van der Waals surface area contributed by atoms with Gasteiger partial charge < -0.3 is 50.7 Å². The summed E-state index contributed by atoms with van der Waals surface area (Å²) in [4.78, 5) is 86.8. The van der Waals surface area contributed by atoms with Crippen LogP contribution in [0.5, 0.6) is 0 Å². The van der Waals surface area contributed by atoms with Crippen molar-refractivity contribution in [1.82, 2.24) is 46.4 Å². The number of rotatable bonds is 17. The maximum absolute atomic E-state index is 12.2. The van der Waals surface area contributed by atoms with E-state index in [1.54, 1.807) is 6.92 Å². The van der Waals surface area contributed by atoms with Crippen LogP contribution < -0.4 is 43.6 Å². The van der Waals surface area contributed by atoms with E-state index in [9.17, 15) is 34.0 Å². The van der Waals surface area contributed by atoms with E-state index in [-0.39, 0.29) is 76.2 Å². The number of nitrogens with zero attached hydrogens (tertiary/aromatic N) is 4. The molecule has 0 aliphatic heterocycles. The molecule has 0 saturated heterocycles. The predicted octanol–water partition coefficient (Wildman–Crippen LogP) is -4.00. The number of urea groups is 1. The van der Waals surface area contributed by atoms with Crippen LogP contribution in [0.3, 0.4) is 0 Å². The number of carbonyl (C=O) groups excluding carboxylic acids is 4. The van der Waals surface area contributed by atoms with Gasteiger partial charge in [0.25, 0.3) is 27.2 Å². The fourth-order valence-corrected chi connectivity index (χ4v) is 3.16. The van der Waals surface area contributed by atoms with Gasteiger partial charge >= 0.3 is 26.3 Å². The Kier molecular flexibility index (Phi) is 24.6. The van der Waals surface area contributed by atoms with Crippen LogP contribution in [0.15, 0.2) is 14.6 Å². The number of aromatic nitrogens is 4. The quantitative estimate of drug-likeness (QED) is 0.0186. The number of hydroxylamine groups is 3. The normalized spacial score (nSPS) is 9.90. The van der Waals surface area contributed by atoms with Crippen molar-refractivity contribution >= 4 is 60.3 Å². The number of aliphatic imine (C=N–C) groups is 1. The van der Waals surface area contributed by atoms with Crippen molar-refractivity contribution in [2.24, 2.45) is 4.99 Å². The van der Waals surface area contributed by atoms with Gasteiger partial charge in [0.2, 0.25) is 18.0 Å². The number of hydrogen-bond acceptors (Lipinski definition) is 19. The minimum absolute atomic E-state index is 0.0485. The number of aryl methyl sites for hydroxylation is 2. The number of nitrogens with one attached hydrogen (secondary N) is 7. The minimum Gasteiger partial charge on any atom is -0.528 e. The number of anilines is 2. The highest BCUT2D eigenvalue weighted by Crippen LogP contribution is 2.04. The summed E-state index contributed by atoms with van der Waals surface area (Å²) in [7, 11) is 13.9. The van der Waals surface area contributed by atoms with Gasteiger partial charge in [0.1, 0.15) is 20.1 Å². The molecule has 0 aromatic carbocycles. The van der Waals surface area contributed by atoms with Crippen LogP contribution in [-0.4, -0.2) is 131 Å². The Labute approximate surface area is 292 Å². The molecule has 274 valence electrons. The van der Waals surface area contributed by atoms with Crippen molar-refractivity contribution in [1.29, 1.82) is 0 Å². The molecule has 25 nitrogen and oxygen atoms in total. The van der Waals surface area contributed by atoms with E-state index in [4.69, 9.17) is 23.6 Å². The van der Waals surface area contributed by atoms with Crippen LogP contribution in [0, 0.1) is 13.8 Å². The summed E-state index contributed by atoms with van der Waals surface area (Å²) >= 11 is 0. The third kappa shape index (κ3) is 21.4. The maximum atomic E-state index is 12.2. The number of alkyl carbamates (subject to hydrolysis) is 1. The molecule has 51 heavy (non-hydrogen) atoms. The predicted molar refractivity (Wildman–Crippen MR) is 174 cm³/mol. The van der Waals surface area contributed by atoms with Gasteiger partial charge in [0.15, 0.2) is 6.79 Å². The van der Waals surface area contributed by atoms with Gasteiger partial charge in [-0.2, -0.15) is 10.5 Å². The summed E-state index contributed by atoms with van der Waals surface area (Å²) in [6.07, 6.45) is -0.117. The number of aliphatic hydroxyl groups is 1. The van der Waals surface area contributed by atoms with Crippen LogP contribution in [0.4, 0.5) is 26.3 Å². The zero-order valence-electron chi connectivity index (χ0n) is 27.3. The molecule has 0 aliphatic rings. The average molecular weight is 720 g/mol. The molecule has 0 atom stereocenters. The first-order chi connectivity index (χ1) is 24.3. The Hall–Kier alpha value is -5.34. The van der Waals surface area contributed by atoms with Crippen molar-refractivity contribution in [2.75, 3.05) is 57.8 Å². The van der Waals surface area contributed by atoms with Gasteiger partial charge in [-0.25, -0.2) is 29.1 Å². The van der Waals surface area contributed by atoms with Crippen LogP contribution in [-0.2, 0) is 41.2 Å². The molecule has 0 saturated carbocycles. The van der Waals surface area contributed by atoms with E-state index in [1.165, 1.54) is 13.0 Å². The van der Waals surface area contributed by atoms with Crippen molar-refractivity contribution in [2.45, 2.75) is 26.7 Å². The van der Waals surface area contributed by atoms with Crippen molar-refractivity contribution < 1.29 is 53.0 Å². The second-order valence-electron chi connectivity index (χ2n) is 8.86. The first kappa shape index (κ1) is 45.7. The molecule has 11 N–H and O–H groups in total. The third-order valence-electron chi connectivity index (χ3n) is 5.30. The first-order valence-electron chi connectivity index (χ1n) is 13.9. The van der Waals surface area contributed by atoms with Crippen molar-refractivity contribution in [3.8, 4) is 0 Å². The molecule has 2 aromatic heterocycles. The number of aromatic amines is 2. The van der Waals surface area contributed by atoms with Crippen molar-refractivity contribution in [3.63, 3.8) is 0 Å². The van der Waals surface area contributed by atoms with Crippen LogP contribution in [0.2, 0.25) is 0 Å². The second kappa shape index (κ2) is 27.5. The fraction of sp³-hybridized carbons (Fsp3) is 0.478. The highest BCUT2D eigenvalue weighted by molar-refractivity contribution is 6.05. The molecular formula is C23H35B3N12O13. The Bertz CT molecular complexity index is 1530. The number of nitrogens with two attached hydrogens (primary N) is 1. The topological polar surface area (TPSA) is 348 Å². The summed E-state index contributed by atoms with van der Waals surface area (Å²) < 4.78 is 16.9. The number of ether oxygens (including phenoxy) is 1. The highest BCUT2D eigenvalue weighted by atomic mass is 16.7. The molecule has 0 spiro atoms. The van der Waals surface area contributed by atoms with Gasteiger partial charge in [0.05, 0.1) is 24.7 Å². The molecule has 2 heterocycles. The Morgan fingerprint density at radius 3 is 2.24 bits per heavy atom. The lowest BCUT2D eigenvalue weighted by Crippen LogP contribution is -2.40. The highest BCUT2D eigenvalue weighted by Gasteiger charge is 2.12. The average Bonchev–Trinajstić information content (AvgIpc) is 3.07. The number of H-pyrrole nitrogens is 2. The fourth-order valence-electron chi connectivity index (χ4n) is 3.16. The number of isocyanates is 1. The summed E-state index contributed by atoms with van der Waals surface area (Å²) in [6, 6.07) is -0.763. The van der Waals surface area contributed by atoms with Gasteiger partial charge in [-0.1, -0.05) is 0 Å². The van der Waals surface area contributed by atoms with E-state index in [0.29, 0.717) is 28.4 Å². The van der Waals surface area contributed by atoms with E-state index in [0.717, 1.165) is 0 Å². The lowest BCUT2D eigenvalue weighted by Gasteiger charge is -2.14. The summed E-state index contributed by atoms with van der Waals surface area (Å²) in [5.41, 5.74) is 8.33. The van der Waals surface area contributed by atoms with E-state index in [2.05, 4.69) is 86.6 Å². The van der Waals surface area contributed by atoms with Crippen LogP contribution >= 0.6 is 0 Å². The lowest BCUT2D eigenvalue weighted by molar-refractivity contribution is -0.136. The molecule has 4 amide bonds. The number of amides is 4. The Morgan fingerprint density at radius 2 is 1.65 bits per heavy atom. The zero-order chi connectivity index (χ0) is 38.6. The molecule has 2 rings (SSSR count). The monoisotopic (exact) mass is 720 g/mol. The summed E-state index contributed by atoms with van der Waals surface area (Å²) in [5.74, 6) is -0.0248. The minimum atomic E-state index is -0.948. The largest absolute Gasteiger partial charge is 0.528 e. The number of aliphatic hydroxyl groups excluding tert-OH is 1. The zero-order valence-corrected chi connectivity index (χ0v) is 27.3. The van der Waals surface area contributed by atoms with E-state index >= 15 is 0 Å². The number of carbonyl (C=O) groups is 3. The molecule has 0 unspecified atom stereocenters. The van der Waals surface area contributed by atoms with Crippen LogP contribution in [0.25, 0.3) is 0 Å². The molecular weight excluding hydrogens is 685 g/mol. The van der Waals surface area contributed by atoms with E-state index in [1.807, 2.05) is 0 Å². The third-order valence-corrected chi connectivity index (χ3v) is 5.30. The molecule has 28 heteroatoms. The van der Waals surface area contributed by atoms with Gasteiger partial charge in [0, 0.05) is 30.6 Å². The summed E-state index contributed by atoms with van der Waals surface area (Å²) in [6.45, 7) is 2.08. The Balaban J connectivity index is 0.000000963.